The molecule has 5 heteroatoms. The van der Waals surface area contributed by atoms with Gasteiger partial charge in [-0.2, -0.15) is 0 Å². The van der Waals surface area contributed by atoms with Gasteiger partial charge in [0.1, 0.15) is 5.75 Å². The van der Waals surface area contributed by atoms with Crippen LogP contribution in [0.4, 0.5) is 5.69 Å². The van der Waals surface area contributed by atoms with E-state index in [9.17, 15) is 4.79 Å². The molecule has 2 aromatic rings. The summed E-state index contributed by atoms with van der Waals surface area (Å²) in [6.45, 7) is 0. The minimum absolute atomic E-state index is 0.0324. The molecular formula is C20H21Cl2NO2. The third kappa shape index (κ3) is 3.78. The van der Waals surface area contributed by atoms with E-state index in [4.69, 9.17) is 27.9 Å². The highest BCUT2D eigenvalue weighted by Gasteiger charge is 2.41. The van der Waals surface area contributed by atoms with Gasteiger partial charge in [0.2, 0.25) is 5.91 Å². The SMILES string of the molecule is COc1ccc(Cl)cc1NC(=O)C1(c2cccc(Cl)c2)CCCCC1. The van der Waals surface area contributed by atoms with Crippen LogP contribution in [0.3, 0.4) is 0 Å². The Kier molecular flexibility index (Phi) is 5.55. The first-order valence-corrected chi connectivity index (χ1v) is 9.22. The second kappa shape index (κ2) is 7.67. The van der Waals surface area contributed by atoms with Crippen molar-refractivity contribution in [2.75, 3.05) is 12.4 Å². The third-order valence-electron chi connectivity index (χ3n) is 4.93. The van der Waals surface area contributed by atoms with Crippen LogP contribution in [0.1, 0.15) is 37.7 Å². The molecule has 1 fully saturated rings. The Morgan fingerprint density at radius 1 is 1.04 bits per heavy atom. The number of rotatable bonds is 4. The van der Waals surface area contributed by atoms with Crippen LogP contribution in [0.25, 0.3) is 0 Å². The Balaban J connectivity index is 1.97. The summed E-state index contributed by atoms with van der Waals surface area (Å²) in [4.78, 5) is 13.3. The van der Waals surface area contributed by atoms with Crippen LogP contribution in [-0.2, 0) is 10.2 Å². The van der Waals surface area contributed by atoms with E-state index in [1.807, 2.05) is 24.3 Å². The molecule has 2 aromatic carbocycles. The quantitative estimate of drug-likeness (QED) is 0.726. The van der Waals surface area contributed by atoms with Crippen molar-refractivity contribution < 1.29 is 9.53 Å². The maximum Gasteiger partial charge on any atom is 0.235 e. The molecule has 3 rings (SSSR count). The Morgan fingerprint density at radius 3 is 2.44 bits per heavy atom. The van der Waals surface area contributed by atoms with Crippen molar-refractivity contribution in [2.24, 2.45) is 0 Å². The molecule has 1 aliphatic carbocycles. The first-order chi connectivity index (χ1) is 12.0. The van der Waals surface area contributed by atoms with Crippen molar-refractivity contribution in [1.29, 1.82) is 0 Å². The minimum Gasteiger partial charge on any atom is -0.495 e. The molecule has 0 aromatic heterocycles. The zero-order valence-electron chi connectivity index (χ0n) is 14.1. The van der Waals surface area contributed by atoms with Crippen LogP contribution < -0.4 is 10.1 Å². The molecule has 0 saturated heterocycles. The number of methoxy groups -OCH3 is 1. The van der Waals surface area contributed by atoms with Crippen LogP contribution in [-0.4, -0.2) is 13.0 Å². The van der Waals surface area contributed by atoms with E-state index in [-0.39, 0.29) is 5.91 Å². The lowest BCUT2D eigenvalue weighted by Crippen LogP contribution is -2.42. The molecule has 0 radical (unpaired) electrons. The number of benzene rings is 2. The molecule has 1 aliphatic rings. The van der Waals surface area contributed by atoms with Crippen molar-refractivity contribution >= 4 is 34.8 Å². The molecule has 0 bridgehead atoms. The van der Waals surface area contributed by atoms with Gasteiger partial charge in [-0.15, -0.1) is 0 Å². The highest BCUT2D eigenvalue weighted by atomic mass is 35.5. The van der Waals surface area contributed by atoms with E-state index in [0.29, 0.717) is 21.5 Å². The second-order valence-electron chi connectivity index (χ2n) is 6.45. The van der Waals surface area contributed by atoms with E-state index in [2.05, 4.69) is 5.32 Å². The number of amides is 1. The van der Waals surface area contributed by atoms with Crippen LogP contribution in [0.15, 0.2) is 42.5 Å². The average Bonchev–Trinajstić information content (AvgIpc) is 2.62. The average molecular weight is 378 g/mol. The van der Waals surface area contributed by atoms with Gasteiger partial charge in [-0.3, -0.25) is 4.79 Å². The second-order valence-corrected chi connectivity index (χ2v) is 7.32. The van der Waals surface area contributed by atoms with Gasteiger partial charge >= 0.3 is 0 Å². The Labute approximate surface area is 158 Å². The maximum absolute atomic E-state index is 13.3. The lowest BCUT2D eigenvalue weighted by molar-refractivity contribution is -0.122. The summed E-state index contributed by atoms with van der Waals surface area (Å²) in [5.41, 5.74) is 0.987. The van der Waals surface area contributed by atoms with Gasteiger partial charge in [0, 0.05) is 10.0 Å². The van der Waals surface area contributed by atoms with Crippen LogP contribution in [0, 0.1) is 0 Å². The smallest absolute Gasteiger partial charge is 0.235 e. The first kappa shape index (κ1) is 18.1. The third-order valence-corrected chi connectivity index (χ3v) is 5.40. The molecule has 132 valence electrons. The van der Waals surface area contributed by atoms with Gasteiger partial charge in [-0.25, -0.2) is 0 Å². The molecular weight excluding hydrogens is 357 g/mol. The fraction of sp³-hybridized carbons (Fsp3) is 0.350. The summed E-state index contributed by atoms with van der Waals surface area (Å²) in [5.74, 6) is 0.560. The zero-order chi connectivity index (χ0) is 17.9. The lowest BCUT2D eigenvalue weighted by atomic mass is 9.68. The molecule has 0 heterocycles. The Hall–Kier alpha value is -1.71. The molecule has 0 atom stereocenters. The van der Waals surface area contributed by atoms with Gasteiger partial charge in [-0.05, 0) is 48.7 Å². The topological polar surface area (TPSA) is 38.3 Å². The largest absolute Gasteiger partial charge is 0.495 e. The van der Waals surface area contributed by atoms with E-state index in [0.717, 1.165) is 37.7 Å². The van der Waals surface area contributed by atoms with E-state index >= 15 is 0 Å². The summed E-state index contributed by atoms with van der Waals surface area (Å²) in [7, 11) is 1.58. The fourth-order valence-corrected chi connectivity index (χ4v) is 3.97. The number of ether oxygens (including phenoxy) is 1. The molecule has 25 heavy (non-hydrogen) atoms. The predicted molar refractivity (Wildman–Crippen MR) is 103 cm³/mol. The van der Waals surface area contributed by atoms with Crippen molar-refractivity contribution in [3.63, 3.8) is 0 Å². The van der Waals surface area contributed by atoms with Crippen LogP contribution in [0.2, 0.25) is 10.0 Å². The number of halogens is 2. The molecule has 3 nitrogen and oxygen atoms in total. The molecule has 0 unspecified atom stereocenters. The van der Waals surface area contributed by atoms with Crippen LogP contribution >= 0.6 is 23.2 Å². The lowest BCUT2D eigenvalue weighted by Gasteiger charge is -2.36. The van der Waals surface area contributed by atoms with Gasteiger partial charge in [-0.1, -0.05) is 54.6 Å². The molecule has 0 spiro atoms. The summed E-state index contributed by atoms with van der Waals surface area (Å²) in [6.07, 6.45) is 4.80. The molecule has 1 amide bonds. The maximum atomic E-state index is 13.3. The van der Waals surface area contributed by atoms with Crippen molar-refractivity contribution in [2.45, 2.75) is 37.5 Å². The molecule has 0 aliphatic heterocycles. The number of carbonyl (C=O) groups is 1. The van der Waals surface area contributed by atoms with Gasteiger partial charge in [0.05, 0.1) is 18.2 Å². The van der Waals surface area contributed by atoms with Crippen molar-refractivity contribution in [3.05, 3.63) is 58.1 Å². The Bertz CT molecular complexity index is 770. The van der Waals surface area contributed by atoms with Crippen molar-refractivity contribution in [1.82, 2.24) is 0 Å². The van der Waals surface area contributed by atoms with E-state index < -0.39 is 5.41 Å². The summed E-state index contributed by atoms with van der Waals surface area (Å²) >= 11 is 12.3. The standard InChI is InChI=1S/C20H21Cl2NO2/c1-25-18-9-8-16(22)13-17(18)23-19(24)20(10-3-2-4-11-20)14-6-5-7-15(21)12-14/h5-9,12-13H,2-4,10-11H2,1H3,(H,23,24). The Morgan fingerprint density at radius 2 is 1.76 bits per heavy atom. The fourth-order valence-electron chi connectivity index (χ4n) is 3.61. The molecule has 1 saturated carbocycles. The zero-order valence-corrected chi connectivity index (χ0v) is 15.7. The number of hydrogen-bond acceptors (Lipinski definition) is 2. The number of anilines is 1. The molecule has 1 N–H and O–H groups in total. The minimum atomic E-state index is -0.573. The summed E-state index contributed by atoms with van der Waals surface area (Å²) in [6, 6.07) is 12.8. The van der Waals surface area contributed by atoms with Crippen molar-refractivity contribution in [3.8, 4) is 5.75 Å². The monoisotopic (exact) mass is 377 g/mol. The van der Waals surface area contributed by atoms with Gasteiger partial charge < -0.3 is 10.1 Å². The first-order valence-electron chi connectivity index (χ1n) is 8.46. The predicted octanol–water partition coefficient (Wildman–Crippen LogP) is 5.84. The summed E-state index contributed by atoms with van der Waals surface area (Å²) in [5, 5.41) is 4.24. The normalized spacial score (nSPS) is 16.3. The van der Waals surface area contributed by atoms with Gasteiger partial charge in [0.15, 0.2) is 0 Å². The van der Waals surface area contributed by atoms with Gasteiger partial charge in [0.25, 0.3) is 0 Å². The number of hydrogen-bond donors (Lipinski definition) is 1. The highest BCUT2D eigenvalue weighted by molar-refractivity contribution is 6.31. The van der Waals surface area contributed by atoms with Crippen LogP contribution in [0.5, 0.6) is 5.75 Å². The number of nitrogens with one attached hydrogen (secondary N) is 1. The van der Waals surface area contributed by atoms with E-state index in [1.54, 1.807) is 25.3 Å². The number of carbonyl (C=O) groups excluding carboxylic acids is 1. The van der Waals surface area contributed by atoms with E-state index in [1.165, 1.54) is 0 Å². The highest BCUT2D eigenvalue weighted by Crippen LogP contribution is 2.42. The summed E-state index contributed by atoms with van der Waals surface area (Å²) < 4.78 is 5.35.